The van der Waals surface area contributed by atoms with Crippen molar-refractivity contribution in [2.75, 3.05) is 0 Å². The van der Waals surface area contributed by atoms with Crippen molar-refractivity contribution in [3.63, 3.8) is 0 Å². The minimum absolute atomic E-state index is 0.120. The molecule has 0 aliphatic rings. The maximum absolute atomic E-state index is 13.1. The molecular formula is C16H13F6NO2. The highest BCUT2D eigenvalue weighted by Gasteiger charge is 2.37. The molecule has 1 heterocycles. The van der Waals surface area contributed by atoms with Crippen molar-refractivity contribution in [1.29, 1.82) is 0 Å². The van der Waals surface area contributed by atoms with Crippen LogP contribution in [0.25, 0.3) is 10.9 Å². The Morgan fingerprint density at radius 1 is 1.16 bits per heavy atom. The van der Waals surface area contributed by atoms with Gasteiger partial charge in [-0.3, -0.25) is 0 Å². The van der Waals surface area contributed by atoms with Crippen molar-refractivity contribution >= 4 is 16.7 Å². The number of ketones is 1. The highest BCUT2D eigenvalue weighted by atomic mass is 19.4. The lowest BCUT2D eigenvalue weighted by Crippen LogP contribution is -2.14. The third kappa shape index (κ3) is 4.28. The number of halogens is 6. The van der Waals surface area contributed by atoms with Crippen molar-refractivity contribution < 1.29 is 36.2 Å². The first-order valence-electron chi connectivity index (χ1n) is 7.17. The Morgan fingerprint density at radius 3 is 2.32 bits per heavy atom. The van der Waals surface area contributed by atoms with Crippen LogP contribution in [0.2, 0.25) is 0 Å². The molecule has 3 nitrogen and oxygen atoms in total. The number of rotatable bonds is 4. The van der Waals surface area contributed by atoms with Gasteiger partial charge in [0.25, 0.3) is 0 Å². The number of hydrogen-bond donors (Lipinski definition) is 1. The maximum atomic E-state index is 13.1. The van der Waals surface area contributed by atoms with Gasteiger partial charge in [-0.05, 0) is 31.0 Å². The predicted molar refractivity (Wildman–Crippen MR) is 76.6 cm³/mol. The molecule has 0 aliphatic heterocycles. The summed E-state index contributed by atoms with van der Waals surface area (Å²) in [7, 11) is 0. The number of fused-ring (bicyclic) bond motifs is 1. The van der Waals surface area contributed by atoms with E-state index in [-0.39, 0.29) is 29.6 Å². The van der Waals surface area contributed by atoms with Gasteiger partial charge in [0.1, 0.15) is 11.5 Å². The van der Waals surface area contributed by atoms with Crippen molar-refractivity contribution in [1.82, 2.24) is 4.98 Å². The lowest BCUT2D eigenvalue weighted by molar-refractivity contribution is -0.142. The number of Topliss-reactive ketones (excluding diaryl/α,β-unsaturated/α-hetero) is 1. The minimum Gasteiger partial charge on any atom is -0.388 e. The molecular weight excluding hydrogens is 352 g/mol. The number of aliphatic hydroxyl groups excluding tert-OH is 1. The van der Waals surface area contributed by atoms with Crippen molar-refractivity contribution in [2.45, 2.75) is 38.2 Å². The van der Waals surface area contributed by atoms with Crippen LogP contribution in [0.5, 0.6) is 0 Å². The third-order valence-electron chi connectivity index (χ3n) is 3.60. The molecule has 1 N–H and O–H groups in total. The van der Waals surface area contributed by atoms with Crippen LogP contribution in [-0.2, 0) is 17.1 Å². The summed E-state index contributed by atoms with van der Waals surface area (Å²) in [5, 5.41) is 9.89. The summed E-state index contributed by atoms with van der Waals surface area (Å²) in [6, 6.07) is 3.33. The molecule has 2 rings (SSSR count). The molecule has 0 aliphatic carbocycles. The second kappa shape index (κ2) is 6.62. The Bertz CT molecular complexity index is 798. The molecule has 0 amide bonds. The quantitative estimate of drug-likeness (QED) is 0.801. The normalized spacial score (nSPS) is 13.9. The number of aliphatic hydroxyl groups is 1. The summed E-state index contributed by atoms with van der Waals surface area (Å²) in [5.41, 5.74) is -4.09. The average molecular weight is 365 g/mol. The maximum Gasteiger partial charge on any atom is 0.433 e. The van der Waals surface area contributed by atoms with Gasteiger partial charge >= 0.3 is 12.4 Å². The fourth-order valence-corrected chi connectivity index (χ4v) is 2.42. The summed E-state index contributed by atoms with van der Waals surface area (Å²) < 4.78 is 78.4. The molecule has 0 saturated heterocycles. The van der Waals surface area contributed by atoms with Gasteiger partial charge in [0, 0.05) is 11.8 Å². The summed E-state index contributed by atoms with van der Waals surface area (Å²) in [4.78, 5) is 14.1. The van der Waals surface area contributed by atoms with Crippen molar-refractivity contribution in [3.05, 3.63) is 41.1 Å². The first-order valence-corrected chi connectivity index (χ1v) is 7.17. The molecule has 0 radical (unpaired) electrons. The van der Waals surface area contributed by atoms with Crippen molar-refractivity contribution in [2.24, 2.45) is 0 Å². The number of carbonyl (C=O) groups is 1. The topological polar surface area (TPSA) is 50.2 Å². The highest BCUT2D eigenvalue weighted by Crippen LogP contribution is 2.39. The molecule has 0 fully saturated rings. The average Bonchev–Trinajstić information content (AvgIpc) is 2.48. The molecule has 1 aromatic carbocycles. The van der Waals surface area contributed by atoms with Gasteiger partial charge in [0.2, 0.25) is 0 Å². The van der Waals surface area contributed by atoms with Crippen LogP contribution >= 0.6 is 0 Å². The Balaban J connectivity index is 2.73. The second-order valence-corrected chi connectivity index (χ2v) is 5.55. The highest BCUT2D eigenvalue weighted by molar-refractivity contribution is 5.86. The molecule has 1 atom stereocenters. The Morgan fingerprint density at radius 2 is 1.80 bits per heavy atom. The van der Waals surface area contributed by atoms with E-state index in [0.29, 0.717) is 12.1 Å². The number of carbonyl (C=O) groups excluding carboxylic acids is 1. The molecule has 136 valence electrons. The smallest absolute Gasteiger partial charge is 0.388 e. The zero-order valence-electron chi connectivity index (χ0n) is 12.9. The third-order valence-corrected chi connectivity index (χ3v) is 3.60. The second-order valence-electron chi connectivity index (χ2n) is 5.55. The number of alkyl halides is 6. The van der Waals surface area contributed by atoms with Gasteiger partial charge in [-0.25, -0.2) is 4.98 Å². The van der Waals surface area contributed by atoms with Crippen LogP contribution in [0.3, 0.4) is 0 Å². The molecule has 9 heteroatoms. The summed E-state index contributed by atoms with van der Waals surface area (Å²) in [6.45, 7) is 1.24. The number of nitrogens with zero attached hydrogens (tertiary/aromatic N) is 1. The number of para-hydroxylation sites is 1. The van der Waals surface area contributed by atoms with Crippen LogP contribution in [0.4, 0.5) is 26.3 Å². The van der Waals surface area contributed by atoms with E-state index >= 15 is 0 Å². The number of aromatic nitrogens is 1. The Hall–Kier alpha value is -2.16. The van der Waals surface area contributed by atoms with E-state index < -0.39 is 35.2 Å². The van der Waals surface area contributed by atoms with Gasteiger partial charge in [-0.1, -0.05) is 12.1 Å². The molecule has 0 bridgehead atoms. The van der Waals surface area contributed by atoms with Crippen LogP contribution in [0, 0.1) is 0 Å². The summed E-state index contributed by atoms with van der Waals surface area (Å²) >= 11 is 0. The lowest BCUT2D eigenvalue weighted by atomic mass is 9.96. The fourth-order valence-electron chi connectivity index (χ4n) is 2.42. The van der Waals surface area contributed by atoms with Crippen LogP contribution in [0.1, 0.15) is 42.7 Å². The largest absolute Gasteiger partial charge is 0.433 e. The predicted octanol–water partition coefficient (Wildman–Crippen LogP) is 4.68. The van der Waals surface area contributed by atoms with E-state index in [1.165, 1.54) is 6.92 Å². The van der Waals surface area contributed by atoms with Gasteiger partial charge in [-0.2, -0.15) is 26.3 Å². The van der Waals surface area contributed by atoms with E-state index in [1.807, 2.05) is 0 Å². The standard InChI is InChI=1S/C16H13F6NO2/c1-8(24)5-6-12(25)10-7-13(16(20,21)22)23-14-9(10)3-2-4-11(14)15(17,18)19/h2-4,7,12,25H,5-6H2,1H3. The zero-order chi connectivity index (χ0) is 19.0. The molecule has 25 heavy (non-hydrogen) atoms. The SMILES string of the molecule is CC(=O)CCC(O)c1cc(C(F)(F)F)nc2c(C(F)(F)F)cccc12. The van der Waals surface area contributed by atoms with Crippen LogP contribution in [-0.4, -0.2) is 15.9 Å². The molecule has 0 saturated carbocycles. The van der Waals surface area contributed by atoms with E-state index in [9.17, 15) is 36.2 Å². The molecule has 0 spiro atoms. The lowest BCUT2D eigenvalue weighted by Gasteiger charge is -2.18. The van der Waals surface area contributed by atoms with Gasteiger partial charge in [0.15, 0.2) is 0 Å². The number of pyridine rings is 1. The summed E-state index contributed by atoms with van der Waals surface area (Å²) in [5.74, 6) is -0.301. The molecule has 1 unspecified atom stereocenters. The minimum atomic E-state index is -4.98. The monoisotopic (exact) mass is 365 g/mol. The van der Waals surface area contributed by atoms with Crippen LogP contribution < -0.4 is 0 Å². The first kappa shape index (κ1) is 19.2. The molecule has 1 aromatic heterocycles. The first-order chi connectivity index (χ1) is 11.4. The van der Waals surface area contributed by atoms with Crippen molar-refractivity contribution in [3.8, 4) is 0 Å². The van der Waals surface area contributed by atoms with Crippen LogP contribution in [0.15, 0.2) is 24.3 Å². The van der Waals surface area contributed by atoms with E-state index in [2.05, 4.69) is 4.98 Å². The number of benzene rings is 1. The number of hydrogen-bond acceptors (Lipinski definition) is 3. The Labute approximate surface area is 138 Å². The van der Waals surface area contributed by atoms with Gasteiger partial charge < -0.3 is 9.90 Å². The van der Waals surface area contributed by atoms with E-state index in [4.69, 9.17) is 0 Å². The molecule has 2 aromatic rings. The summed E-state index contributed by atoms with van der Waals surface area (Å²) in [6.07, 6.45) is -11.7. The Kier molecular flexibility index (Phi) is 5.08. The van der Waals surface area contributed by atoms with Gasteiger partial charge in [-0.15, -0.1) is 0 Å². The fraction of sp³-hybridized carbons (Fsp3) is 0.375. The van der Waals surface area contributed by atoms with E-state index in [0.717, 1.165) is 12.1 Å². The van der Waals surface area contributed by atoms with E-state index in [1.54, 1.807) is 0 Å². The van der Waals surface area contributed by atoms with Gasteiger partial charge in [0.05, 0.1) is 17.2 Å². The zero-order valence-corrected chi connectivity index (χ0v) is 12.9.